The van der Waals surface area contributed by atoms with Gasteiger partial charge in [0, 0.05) is 5.02 Å². The SMILES string of the molecule is C[C@@H](N)C(=O)NC1(c2cccc(Cl)c2)CC1. The molecule has 1 aliphatic rings. The zero-order chi connectivity index (χ0) is 11.8. The molecule has 1 aromatic carbocycles. The molecule has 0 bridgehead atoms. The lowest BCUT2D eigenvalue weighted by molar-refractivity contribution is -0.123. The van der Waals surface area contributed by atoms with Crippen LogP contribution in [-0.2, 0) is 10.3 Å². The summed E-state index contributed by atoms with van der Waals surface area (Å²) in [5.74, 6) is -0.113. The predicted octanol–water partition coefficient (Wildman–Crippen LogP) is 1.79. The first-order valence-electron chi connectivity index (χ1n) is 5.37. The number of rotatable bonds is 3. The molecule has 3 nitrogen and oxygen atoms in total. The second-order valence-electron chi connectivity index (χ2n) is 4.37. The summed E-state index contributed by atoms with van der Waals surface area (Å²) in [6.07, 6.45) is 1.90. The molecule has 0 aromatic heterocycles. The van der Waals surface area contributed by atoms with Crippen molar-refractivity contribution in [2.24, 2.45) is 5.73 Å². The van der Waals surface area contributed by atoms with Crippen LogP contribution in [0.1, 0.15) is 25.3 Å². The van der Waals surface area contributed by atoms with Crippen LogP contribution in [0, 0.1) is 0 Å². The number of nitrogens with two attached hydrogens (primary N) is 1. The lowest BCUT2D eigenvalue weighted by atomic mass is 10.0. The molecule has 0 unspecified atom stereocenters. The van der Waals surface area contributed by atoms with E-state index < -0.39 is 6.04 Å². The summed E-state index contributed by atoms with van der Waals surface area (Å²) in [4.78, 5) is 11.6. The van der Waals surface area contributed by atoms with Gasteiger partial charge in [-0.25, -0.2) is 0 Å². The largest absolute Gasteiger partial charge is 0.345 e. The number of carbonyl (C=O) groups is 1. The Kier molecular flexibility index (Phi) is 2.91. The molecular formula is C12H15ClN2O. The van der Waals surface area contributed by atoms with Crippen LogP contribution in [0.2, 0.25) is 5.02 Å². The molecule has 3 N–H and O–H groups in total. The van der Waals surface area contributed by atoms with Crippen molar-refractivity contribution in [3.8, 4) is 0 Å². The Labute approximate surface area is 100.0 Å². The third-order valence-corrected chi connectivity index (χ3v) is 3.14. The van der Waals surface area contributed by atoms with Crippen molar-refractivity contribution in [2.75, 3.05) is 0 Å². The van der Waals surface area contributed by atoms with Crippen LogP contribution < -0.4 is 11.1 Å². The van der Waals surface area contributed by atoms with Crippen molar-refractivity contribution in [3.05, 3.63) is 34.9 Å². The second kappa shape index (κ2) is 4.07. The van der Waals surface area contributed by atoms with Crippen LogP contribution in [0.4, 0.5) is 0 Å². The normalized spacial score (nSPS) is 18.9. The van der Waals surface area contributed by atoms with Crippen LogP contribution in [0.15, 0.2) is 24.3 Å². The highest BCUT2D eigenvalue weighted by atomic mass is 35.5. The van der Waals surface area contributed by atoms with E-state index in [0.717, 1.165) is 18.4 Å². The molecule has 16 heavy (non-hydrogen) atoms. The van der Waals surface area contributed by atoms with Gasteiger partial charge in [0.05, 0.1) is 11.6 Å². The van der Waals surface area contributed by atoms with Gasteiger partial charge in [-0.1, -0.05) is 23.7 Å². The molecule has 1 aromatic rings. The Morgan fingerprint density at radius 2 is 2.25 bits per heavy atom. The van der Waals surface area contributed by atoms with Gasteiger partial charge in [-0.2, -0.15) is 0 Å². The van der Waals surface area contributed by atoms with Crippen LogP contribution in [0.3, 0.4) is 0 Å². The monoisotopic (exact) mass is 238 g/mol. The Bertz CT molecular complexity index is 413. The summed E-state index contributed by atoms with van der Waals surface area (Å²) in [6, 6.07) is 7.14. The summed E-state index contributed by atoms with van der Waals surface area (Å²) in [6.45, 7) is 1.68. The van der Waals surface area contributed by atoms with Gasteiger partial charge in [-0.05, 0) is 37.5 Å². The highest BCUT2D eigenvalue weighted by molar-refractivity contribution is 6.30. The molecular weight excluding hydrogens is 224 g/mol. The van der Waals surface area contributed by atoms with Gasteiger partial charge in [0.25, 0.3) is 0 Å². The highest BCUT2D eigenvalue weighted by Crippen LogP contribution is 2.45. The molecule has 2 rings (SSSR count). The molecule has 1 amide bonds. The van der Waals surface area contributed by atoms with E-state index in [0.29, 0.717) is 5.02 Å². The molecule has 4 heteroatoms. The van der Waals surface area contributed by atoms with Gasteiger partial charge in [-0.15, -0.1) is 0 Å². The molecule has 86 valence electrons. The standard InChI is InChI=1S/C12H15ClN2O/c1-8(14)11(16)15-12(5-6-12)9-3-2-4-10(13)7-9/h2-4,7-8H,5-6,14H2,1H3,(H,15,16)/t8-/m1/s1. The van der Waals surface area contributed by atoms with Crippen LogP contribution in [-0.4, -0.2) is 11.9 Å². The maximum atomic E-state index is 11.6. The van der Waals surface area contributed by atoms with Crippen LogP contribution in [0.25, 0.3) is 0 Å². The van der Waals surface area contributed by atoms with Crippen molar-refractivity contribution in [3.63, 3.8) is 0 Å². The Balaban J connectivity index is 2.17. The van der Waals surface area contributed by atoms with Crippen LogP contribution >= 0.6 is 11.6 Å². The molecule has 1 saturated carbocycles. The fourth-order valence-corrected chi connectivity index (χ4v) is 1.94. The summed E-state index contributed by atoms with van der Waals surface area (Å²) >= 11 is 5.94. The number of carbonyl (C=O) groups excluding carboxylic acids is 1. The molecule has 1 atom stereocenters. The minimum absolute atomic E-state index is 0.113. The molecule has 0 spiro atoms. The van der Waals surface area contributed by atoms with Gasteiger partial charge in [-0.3, -0.25) is 4.79 Å². The maximum absolute atomic E-state index is 11.6. The molecule has 0 saturated heterocycles. The summed E-state index contributed by atoms with van der Waals surface area (Å²) in [5, 5.41) is 3.68. The number of hydrogen-bond donors (Lipinski definition) is 2. The van der Waals surface area contributed by atoms with E-state index in [9.17, 15) is 4.79 Å². The zero-order valence-corrected chi connectivity index (χ0v) is 9.92. The molecule has 0 radical (unpaired) electrons. The van der Waals surface area contributed by atoms with E-state index in [1.165, 1.54) is 0 Å². The molecule has 1 fully saturated rings. The number of hydrogen-bond acceptors (Lipinski definition) is 2. The molecule has 0 aliphatic heterocycles. The molecule has 1 aliphatic carbocycles. The third kappa shape index (κ3) is 2.20. The topological polar surface area (TPSA) is 55.1 Å². The summed E-state index contributed by atoms with van der Waals surface area (Å²) in [5.41, 5.74) is 6.38. The zero-order valence-electron chi connectivity index (χ0n) is 9.16. The summed E-state index contributed by atoms with van der Waals surface area (Å²) in [7, 11) is 0. The quantitative estimate of drug-likeness (QED) is 0.844. The van der Waals surface area contributed by atoms with Crippen molar-refractivity contribution in [2.45, 2.75) is 31.3 Å². The third-order valence-electron chi connectivity index (χ3n) is 2.90. The first-order chi connectivity index (χ1) is 7.53. The van der Waals surface area contributed by atoms with Gasteiger partial charge in [0.15, 0.2) is 0 Å². The van der Waals surface area contributed by atoms with Gasteiger partial charge in [0.1, 0.15) is 0 Å². The van der Waals surface area contributed by atoms with E-state index in [4.69, 9.17) is 17.3 Å². The first-order valence-corrected chi connectivity index (χ1v) is 5.75. The van der Waals surface area contributed by atoms with Gasteiger partial charge < -0.3 is 11.1 Å². The van der Waals surface area contributed by atoms with Gasteiger partial charge >= 0.3 is 0 Å². The summed E-state index contributed by atoms with van der Waals surface area (Å²) < 4.78 is 0. The first kappa shape index (κ1) is 11.4. The smallest absolute Gasteiger partial charge is 0.237 e. The van der Waals surface area contributed by atoms with E-state index >= 15 is 0 Å². The Hall–Kier alpha value is -1.06. The number of halogens is 1. The van der Waals surface area contributed by atoms with E-state index in [1.807, 2.05) is 24.3 Å². The number of amides is 1. The fraction of sp³-hybridized carbons (Fsp3) is 0.417. The van der Waals surface area contributed by atoms with Crippen molar-refractivity contribution in [1.29, 1.82) is 0 Å². The lowest BCUT2D eigenvalue weighted by Crippen LogP contribution is -2.44. The lowest BCUT2D eigenvalue weighted by Gasteiger charge is -2.19. The minimum atomic E-state index is -0.475. The van der Waals surface area contributed by atoms with Gasteiger partial charge in [0.2, 0.25) is 5.91 Å². The Morgan fingerprint density at radius 1 is 1.56 bits per heavy atom. The maximum Gasteiger partial charge on any atom is 0.237 e. The molecule has 0 heterocycles. The van der Waals surface area contributed by atoms with E-state index in [-0.39, 0.29) is 11.4 Å². The van der Waals surface area contributed by atoms with Crippen molar-refractivity contribution < 1.29 is 4.79 Å². The average molecular weight is 239 g/mol. The minimum Gasteiger partial charge on any atom is -0.345 e. The van der Waals surface area contributed by atoms with Crippen LogP contribution in [0.5, 0.6) is 0 Å². The van der Waals surface area contributed by atoms with E-state index in [1.54, 1.807) is 6.92 Å². The predicted molar refractivity (Wildman–Crippen MR) is 64.2 cm³/mol. The number of nitrogens with one attached hydrogen (secondary N) is 1. The van der Waals surface area contributed by atoms with Crippen molar-refractivity contribution >= 4 is 17.5 Å². The second-order valence-corrected chi connectivity index (χ2v) is 4.81. The number of benzene rings is 1. The average Bonchev–Trinajstić information content (AvgIpc) is 2.99. The fourth-order valence-electron chi connectivity index (χ4n) is 1.75. The van der Waals surface area contributed by atoms with Crippen molar-refractivity contribution in [1.82, 2.24) is 5.32 Å². The Morgan fingerprint density at radius 3 is 2.75 bits per heavy atom. The van der Waals surface area contributed by atoms with E-state index in [2.05, 4.69) is 5.32 Å². The highest BCUT2D eigenvalue weighted by Gasteiger charge is 2.45.